The topological polar surface area (TPSA) is 38.0 Å². The largest absolute Gasteiger partial charge is 0.355 e. The summed E-state index contributed by atoms with van der Waals surface area (Å²) in [4.78, 5) is 0. The molecule has 228 valence electrons. The molecule has 2 aliphatic carbocycles. The first kappa shape index (κ1) is 30.0. The minimum atomic E-state index is -0.626. The van der Waals surface area contributed by atoms with Crippen LogP contribution in [0.3, 0.4) is 0 Å². The number of anilines is 2. The van der Waals surface area contributed by atoms with Gasteiger partial charge in [-0.3, -0.25) is 0 Å². The van der Waals surface area contributed by atoms with E-state index in [1.807, 2.05) is 37.3 Å². The van der Waals surface area contributed by atoms with E-state index in [0.717, 1.165) is 39.2 Å². The smallest absolute Gasteiger partial charge is 0.0728 e. The van der Waals surface area contributed by atoms with Gasteiger partial charge < -0.3 is 11.1 Å². The van der Waals surface area contributed by atoms with Crippen molar-refractivity contribution in [2.45, 2.75) is 18.4 Å². The third kappa shape index (κ3) is 5.54. The number of allylic oxidation sites excluding steroid dienone is 9. The van der Waals surface area contributed by atoms with E-state index >= 15 is 0 Å². The average Bonchev–Trinajstić information content (AvgIpc) is 3.22. The lowest BCUT2D eigenvalue weighted by Gasteiger charge is -2.36. The van der Waals surface area contributed by atoms with E-state index in [1.54, 1.807) is 0 Å². The van der Waals surface area contributed by atoms with Crippen LogP contribution in [0.2, 0.25) is 0 Å². The van der Waals surface area contributed by atoms with Gasteiger partial charge in [-0.2, -0.15) is 0 Å². The highest BCUT2D eigenvalue weighted by molar-refractivity contribution is 5.90. The van der Waals surface area contributed by atoms with Crippen molar-refractivity contribution in [3.8, 4) is 22.3 Å². The number of rotatable bonds is 8. The molecule has 0 saturated carbocycles. The second-order valence-electron chi connectivity index (χ2n) is 12.0. The molecule has 2 nitrogen and oxygen atoms in total. The van der Waals surface area contributed by atoms with Crippen LogP contribution in [-0.2, 0) is 5.41 Å². The minimum Gasteiger partial charge on any atom is -0.355 e. The molecule has 0 bridgehead atoms. The van der Waals surface area contributed by atoms with Crippen LogP contribution < -0.4 is 11.1 Å². The molecule has 0 fully saturated rings. The molecular formula is C45H38N2. The van der Waals surface area contributed by atoms with Crippen LogP contribution in [0.15, 0.2) is 188 Å². The molecule has 3 N–H and O–H groups in total. The van der Waals surface area contributed by atoms with Crippen LogP contribution >= 0.6 is 0 Å². The van der Waals surface area contributed by atoms with Crippen LogP contribution in [-0.4, -0.2) is 6.04 Å². The molecule has 2 atom stereocenters. The molecule has 5 aromatic rings. The highest BCUT2D eigenvalue weighted by Gasteiger charge is 2.47. The van der Waals surface area contributed by atoms with Gasteiger partial charge in [-0.05, 0) is 86.8 Å². The zero-order valence-corrected chi connectivity index (χ0v) is 26.6. The lowest BCUT2D eigenvalue weighted by molar-refractivity contribution is 0.773. The highest BCUT2D eigenvalue weighted by Crippen LogP contribution is 2.58. The molecule has 0 amide bonds. The van der Waals surface area contributed by atoms with Gasteiger partial charge in [0.05, 0.1) is 5.41 Å². The van der Waals surface area contributed by atoms with Gasteiger partial charge in [-0.1, -0.05) is 158 Å². The summed E-state index contributed by atoms with van der Waals surface area (Å²) in [6.45, 7) is 6.84. The number of benzene rings is 5. The lowest BCUT2D eigenvalue weighted by atomic mass is 9.66. The Bertz CT molecular complexity index is 2090. The SMILES string of the molecule is C=C(/C=C\C=C/C)C1(c2ccccc2Nc2ccccc2)c2ccccc2-c2ccc(-c3ccc(C4=CC=CC(N)C=C4)cc3)cc21. The van der Waals surface area contributed by atoms with Crippen molar-refractivity contribution in [1.29, 1.82) is 0 Å². The van der Waals surface area contributed by atoms with Crippen molar-refractivity contribution in [2.75, 3.05) is 5.32 Å². The standard InChI is InChI=1S/C45H38N2/c1-3-4-6-14-32(2)45(42-21-11-12-22-44(42)47-38-17-7-5-8-18-38)41-20-10-9-19-39(41)40-30-28-36(31-43(40)45)35-25-23-34(24-26-35)33-15-13-16-37(46)29-27-33/h3-31,37,47H,2,46H2,1H3/b4-3-,14-6-. The summed E-state index contributed by atoms with van der Waals surface area (Å²) in [5.41, 5.74) is 19.3. The number of hydrogen-bond acceptors (Lipinski definition) is 2. The first-order valence-electron chi connectivity index (χ1n) is 16.2. The number of nitrogens with one attached hydrogen (secondary N) is 1. The third-order valence-corrected chi connectivity index (χ3v) is 9.17. The van der Waals surface area contributed by atoms with Gasteiger partial charge in [0.1, 0.15) is 0 Å². The monoisotopic (exact) mass is 606 g/mol. The zero-order valence-electron chi connectivity index (χ0n) is 26.6. The third-order valence-electron chi connectivity index (χ3n) is 9.17. The fourth-order valence-corrected chi connectivity index (χ4v) is 6.94. The molecule has 0 aliphatic heterocycles. The Morgan fingerprint density at radius 3 is 2.19 bits per heavy atom. The first-order chi connectivity index (χ1) is 23.1. The Hall–Kier alpha value is -5.70. The van der Waals surface area contributed by atoms with Crippen molar-refractivity contribution in [3.05, 3.63) is 210 Å². The zero-order chi connectivity index (χ0) is 32.2. The van der Waals surface area contributed by atoms with Crippen molar-refractivity contribution in [3.63, 3.8) is 0 Å². The molecule has 5 aromatic carbocycles. The average molecular weight is 607 g/mol. The van der Waals surface area contributed by atoms with Gasteiger partial charge in [0.15, 0.2) is 0 Å². The van der Waals surface area contributed by atoms with Crippen LogP contribution in [0.25, 0.3) is 27.8 Å². The summed E-state index contributed by atoms with van der Waals surface area (Å²) in [5, 5.41) is 3.75. The minimum absolute atomic E-state index is 0.0607. The summed E-state index contributed by atoms with van der Waals surface area (Å²) in [6.07, 6.45) is 18.7. The molecule has 2 heteroatoms. The van der Waals surface area contributed by atoms with Gasteiger partial charge in [0, 0.05) is 17.4 Å². The molecule has 0 radical (unpaired) electrons. The molecule has 0 saturated heterocycles. The molecular weight excluding hydrogens is 569 g/mol. The van der Waals surface area contributed by atoms with Crippen LogP contribution in [0.5, 0.6) is 0 Å². The highest BCUT2D eigenvalue weighted by atomic mass is 14.9. The predicted octanol–water partition coefficient (Wildman–Crippen LogP) is 10.9. The van der Waals surface area contributed by atoms with E-state index in [4.69, 9.17) is 12.3 Å². The quantitative estimate of drug-likeness (QED) is 0.172. The molecule has 0 heterocycles. The summed E-state index contributed by atoms with van der Waals surface area (Å²) in [6, 6.07) is 43.5. The predicted molar refractivity (Wildman–Crippen MR) is 201 cm³/mol. The summed E-state index contributed by atoms with van der Waals surface area (Å²) in [5.74, 6) is 0. The second kappa shape index (κ2) is 13.0. The summed E-state index contributed by atoms with van der Waals surface area (Å²) >= 11 is 0. The molecule has 0 spiro atoms. The Morgan fingerprint density at radius 1 is 0.702 bits per heavy atom. The van der Waals surface area contributed by atoms with Crippen LogP contribution in [0.1, 0.15) is 29.2 Å². The van der Waals surface area contributed by atoms with E-state index in [2.05, 4.69) is 151 Å². The number of hydrogen-bond donors (Lipinski definition) is 2. The van der Waals surface area contributed by atoms with E-state index < -0.39 is 5.41 Å². The van der Waals surface area contributed by atoms with Gasteiger partial charge in [0.25, 0.3) is 0 Å². The molecule has 2 unspecified atom stereocenters. The van der Waals surface area contributed by atoms with Gasteiger partial charge in [0.2, 0.25) is 0 Å². The molecule has 47 heavy (non-hydrogen) atoms. The Balaban J connectivity index is 1.42. The Kier molecular flexibility index (Phi) is 8.27. The lowest BCUT2D eigenvalue weighted by Crippen LogP contribution is -2.29. The molecule has 7 rings (SSSR count). The second-order valence-corrected chi connectivity index (χ2v) is 12.0. The Labute approximate surface area is 278 Å². The summed E-state index contributed by atoms with van der Waals surface area (Å²) in [7, 11) is 0. The van der Waals surface area contributed by atoms with E-state index in [9.17, 15) is 0 Å². The number of para-hydroxylation sites is 2. The van der Waals surface area contributed by atoms with Crippen molar-refractivity contribution >= 4 is 16.9 Å². The van der Waals surface area contributed by atoms with Gasteiger partial charge in [-0.15, -0.1) is 0 Å². The van der Waals surface area contributed by atoms with E-state index in [-0.39, 0.29) is 6.04 Å². The first-order valence-corrected chi connectivity index (χ1v) is 16.2. The van der Waals surface area contributed by atoms with Gasteiger partial charge in [-0.25, -0.2) is 0 Å². The maximum Gasteiger partial charge on any atom is 0.0728 e. The fourth-order valence-electron chi connectivity index (χ4n) is 6.94. The number of fused-ring (bicyclic) bond motifs is 3. The molecule has 0 aromatic heterocycles. The molecule has 2 aliphatic rings. The van der Waals surface area contributed by atoms with Crippen molar-refractivity contribution in [2.24, 2.45) is 5.73 Å². The van der Waals surface area contributed by atoms with Crippen LogP contribution in [0, 0.1) is 0 Å². The van der Waals surface area contributed by atoms with E-state index in [1.165, 1.54) is 27.8 Å². The summed E-state index contributed by atoms with van der Waals surface area (Å²) < 4.78 is 0. The van der Waals surface area contributed by atoms with Crippen molar-refractivity contribution < 1.29 is 0 Å². The normalized spacial score (nSPS) is 18.2. The number of nitrogens with two attached hydrogens (primary N) is 1. The fraction of sp³-hybridized carbons (Fsp3) is 0.0667. The maximum absolute atomic E-state index is 6.09. The van der Waals surface area contributed by atoms with Crippen LogP contribution in [0.4, 0.5) is 11.4 Å². The maximum atomic E-state index is 6.09. The van der Waals surface area contributed by atoms with E-state index in [0.29, 0.717) is 0 Å². The van der Waals surface area contributed by atoms with Gasteiger partial charge >= 0.3 is 0 Å². The Morgan fingerprint density at radius 2 is 1.38 bits per heavy atom. The van der Waals surface area contributed by atoms with Crippen molar-refractivity contribution in [1.82, 2.24) is 0 Å².